The Hall–Kier alpha value is -2.20. The lowest BCUT2D eigenvalue weighted by Crippen LogP contribution is -2.48. The quantitative estimate of drug-likeness (QED) is 0.332. The molecule has 2 aromatic rings. The fourth-order valence-electron chi connectivity index (χ4n) is 4.28. The number of benzene rings is 1. The lowest BCUT2D eigenvalue weighted by molar-refractivity contribution is 0.263. The van der Waals surface area contributed by atoms with Crippen LogP contribution in [0.4, 0.5) is 5.95 Å². The molecule has 1 aromatic heterocycles. The molecule has 2 fully saturated rings. The van der Waals surface area contributed by atoms with Crippen LogP contribution in [0.25, 0.3) is 6.08 Å². The average Bonchev–Trinajstić information content (AvgIpc) is 2.86. The number of hydrogen-bond acceptors (Lipinski definition) is 5. The summed E-state index contributed by atoms with van der Waals surface area (Å²) < 4.78 is 0. The molecule has 2 aliphatic heterocycles. The van der Waals surface area contributed by atoms with Gasteiger partial charge in [0.1, 0.15) is 0 Å². The van der Waals surface area contributed by atoms with Crippen LogP contribution in [0, 0.1) is 0 Å². The molecule has 1 aromatic carbocycles. The number of piperidine rings is 1. The van der Waals surface area contributed by atoms with Gasteiger partial charge in [-0.05, 0) is 31.4 Å². The molecule has 7 nitrogen and oxygen atoms in total. The largest absolute Gasteiger partial charge is 0.357 e. The second kappa shape index (κ2) is 13.5. The summed E-state index contributed by atoms with van der Waals surface area (Å²) in [4.78, 5) is 20.9. The molecule has 0 unspecified atom stereocenters. The SMILES string of the molecule is CCNC(=NCCN1CCN(c2ncccn2)CC1)N1CCC(=Cc2ccccc2)CC1.I. The van der Waals surface area contributed by atoms with E-state index in [1.54, 1.807) is 0 Å². The highest BCUT2D eigenvalue weighted by atomic mass is 127. The van der Waals surface area contributed by atoms with E-state index in [1.165, 1.54) is 11.1 Å². The zero-order chi connectivity index (χ0) is 22.0. The highest BCUT2D eigenvalue weighted by Gasteiger charge is 2.19. The summed E-state index contributed by atoms with van der Waals surface area (Å²) >= 11 is 0. The fourth-order valence-corrected chi connectivity index (χ4v) is 4.28. The van der Waals surface area contributed by atoms with E-state index in [2.05, 4.69) is 73.3 Å². The Bertz CT molecular complexity index is 870. The van der Waals surface area contributed by atoms with E-state index in [9.17, 15) is 0 Å². The van der Waals surface area contributed by atoms with Gasteiger partial charge in [-0.2, -0.15) is 0 Å². The third-order valence-corrected chi connectivity index (χ3v) is 6.10. The second-order valence-electron chi connectivity index (χ2n) is 8.31. The van der Waals surface area contributed by atoms with E-state index in [1.807, 2.05) is 18.5 Å². The molecule has 0 spiro atoms. The first-order chi connectivity index (χ1) is 15.8. The van der Waals surface area contributed by atoms with Crippen molar-refractivity contribution < 1.29 is 0 Å². The number of hydrogen-bond donors (Lipinski definition) is 1. The van der Waals surface area contributed by atoms with Crippen molar-refractivity contribution in [3.63, 3.8) is 0 Å². The molecular weight excluding hydrogens is 525 g/mol. The van der Waals surface area contributed by atoms with Gasteiger partial charge in [-0.1, -0.05) is 42.0 Å². The van der Waals surface area contributed by atoms with Crippen LogP contribution in [0.5, 0.6) is 0 Å². The van der Waals surface area contributed by atoms with E-state index in [4.69, 9.17) is 4.99 Å². The summed E-state index contributed by atoms with van der Waals surface area (Å²) in [5, 5.41) is 3.50. The van der Waals surface area contributed by atoms with Crippen LogP contribution < -0.4 is 10.2 Å². The number of rotatable bonds is 6. The molecule has 0 bridgehead atoms. The standard InChI is InChI=1S/C25H35N7.HI/c1-2-26-24(31-14-9-23(10-15-31)21-22-7-4-3-5-8-22)29-13-16-30-17-19-32(20-18-30)25-27-11-6-12-28-25;/h3-8,11-12,21H,2,9-10,13-20H2,1H3,(H,26,29);1H. The van der Waals surface area contributed by atoms with Crippen LogP contribution in [0.1, 0.15) is 25.3 Å². The molecule has 0 atom stereocenters. The molecule has 1 N–H and O–H groups in total. The first kappa shape index (κ1) is 25.4. The molecular formula is C25H36IN7. The summed E-state index contributed by atoms with van der Waals surface area (Å²) in [6, 6.07) is 12.5. The van der Waals surface area contributed by atoms with Gasteiger partial charge < -0.3 is 15.1 Å². The van der Waals surface area contributed by atoms with Crippen LogP contribution in [-0.2, 0) is 0 Å². The van der Waals surface area contributed by atoms with Gasteiger partial charge in [-0.15, -0.1) is 24.0 Å². The zero-order valence-electron chi connectivity index (χ0n) is 19.6. The predicted octanol–water partition coefficient (Wildman–Crippen LogP) is 3.36. The number of guanidine groups is 1. The van der Waals surface area contributed by atoms with Crippen molar-refractivity contribution in [2.45, 2.75) is 19.8 Å². The number of piperazine rings is 1. The van der Waals surface area contributed by atoms with E-state index < -0.39 is 0 Å². The maximum atomic E-state index is 4.95. The average molecular weight is 562 g/mol. The highest BCUT2D eigenvalue weighted by molar-refractivity contribution is 14.0. The second-order valence-corrected chi connectivity index (χ2v) is 8.31. The number of nitrogens with one attached hydrogen (secondary N) is 1. The normalized spacial score (nSPS) is 17.5. The molecule has 4 rings (SSSR count). The van der Waals surface area contributed by atoms with Crippen LogP contribution in [-0.4, -0.2) is 84.6 Å². The summed E-state index contributed by atoms with van der Waals surface area (Å²) in [6.07, 6.45) is 8.17. The summed E-state index contributed by atoms with van der Waals surface area (Å²) in [6.45, 7) is 10.9. The maximum Gasteiger partial charge on any atom is 0.225 e. The van der Waals surface area contributed by atoms with Gasteiger partial charge in [0, 0.05) is 64.8 Å². The van der Waals surface area contributed by atoms with Crippen molar-refractivity contribution >= 4 is 42.0 Å². The molecule has 0 radical (unpaired) electrons. The van der Waals surface area contributed by atoms with Crippen molar-refractivity contribution in [1.29, 1.82) is 0 Å². The predicted molar refractivity (Wildman–Crippen MR) is 147 cm³/mol. The van der Waals surface area contributed by atoms with Crippen LogP contribution >= 0.6 is 24.0 Å². The van der Waals surface area contributed by atoms with Crippen molar-refractivity contribution in [1.82, 2.24) is 25.1 Å². The summed E-state index contributed by atoms with van der Waals surface area (Å²) in [5.74, 6) is 1.90. The number of anilines is 1. The number of aliphatic imine (C=N–C) groups is 1. The Morgan fingerprint density at radius 3 is 2.33 bits per heavy atom. The van der Waals surface area contributed by atoms with Crippen molar-refractivity contribution in [2.24, 2.45) is 4.99 Å². The third-order valence-electron chi connectivity index (χ3n) is 6.10. The Kier molecular flexibility index (Phi) is 10.4. The Labute approximate surface area is 215 Å². The molecule has 3 heterocycles. The van der Waals surface area contributed by atoms with E-state index >= 15 is 0 Å². The highest BCUT2D eigenvalue weighted by Crippen LogP contribution is 2.19. The van der Waals surface area contributed by atoms with Gasteiger partial charge >= 0.3 is 0 Å². The fraction of sp³-hybridized carbons (Fsp3) is 0.480. The van der Waals surface area contributed by atoms with Gasteiger partial charge in [-0.25, -0.2) is 9.97 Å². The van der Waals surface area contributed by atoms with Gasteiger partial charge in [0.25, 0.3) is 0 Å². The minimum Gasteiger partial charge on any atom is -0.357 e. The van der Waals surface area contributed by atoms with Gasteiger partial charge in [0.15, 0.2) is 5.96 Å². The van der Waals surface area contributed by atoms with Gasteiger partial charge in [0.05, 0.1) is 6.54 Å². The summed E-state index contributed by atoms with van der Waals surface area (Å²) in [5.41, 5.74) is 2.83. The van der Waals surface area contributed by atoms with Crippen LogP contribution in [0.2, 0.25) is 0 Å². The smallest absolute Gasteiger partial charge is 0.225 e. The van der Waals surface area contributed by atoms with Gasteiger partial charge in [0.2, 0.25) is 5.95 Å². The number of halogens is 1. The minimum atomic E-state index is 0. The monoisotopic (exact) mass is 561 g/mol. The van der Waals surface area contributed by atoms with Crippen LogP contribution in [0.3, 0.4) is 0 Å². The topological polar surface area (TPSA) is 59.9 Å². The molecule has 0 aliphatic carbocycles. The first-order valence-electron chi connectivity index (χ1n) is 11.8. The van der Waals surface area contributed by atoms with Crippen molar-refractivity contribution in [3.8, 4) is 0 Å². The number of likely N-dealkylation sites (tertiary alicyclic amines) is 1. The minimum absolute atomic E-state index is 0. The van der Waals surface area contributed by atoms with E-state index in [-0.39, 0.29) is 24.0 Å². The molecule has 2 aliphatic rings. The van der Waals surface area contributed by atoms with Crippen molar-refractivity contribution in [3.05, 3.63) is 59.9 Å². The van der Waals surface area contributed by atoms with E-state index in [0.717, 1.165) is 83.7 Å². The lowest BCUT2D eigenvalue weighted by Gasteiger charge is -2.34. The van der Waals surface area contributed by atoms with Crippen LogP contribution in [0.15, 0.2) is 59.4 Å². The molecule has 8 heteroatoms. The third kappa shape index (κ3) is 7.67. The number of aromatic nitrogens is 2. The molecule has 0 saturated carbocycles. The first-order valence-corrected chi connectivity index (χ1v) is 11.8. The molecule has 2 saturated heterocycles. The Morgan fingerprint density at radius 1 is 0.970 bits per heavy atom. The Morgan fingerprint density at radius 2 is 1.67 bits per heavy atom. The lowest BCUT2D eigenvalue weighted by atomic mass is 10.0. The zero-order valence-corrected chi connectivity index (χ0v) is 21.9. The van der Waals surface area contributed by atoms with Crippen molar-refractivity contribution in [2.75, 3.05) is 63.8 Å². The number of nitrogens with zero attached hydrogens (tertiary/aromatic N) is 6. The molecule has 33 heavy (non-hydrogen) atoms. The summed E-state index contributed by atoms with van der Waals surface area (Å²) in [7, 11) is 0. The Balaban J connectivity index is 0.00000306. The molecule has 178 valence electrons. The molecule has 0 amide bonds. The van der Waals surface area contributed by atoms with Gasteiger partial charge in [-0.3, -0.25) is 9.89 Å². The maximum absolute atomic E-state index is 4.95. The van der Waals surface area contributed by atoms with E-state index in [0.29, 0.717) is 0 Å².